The molecule has 0 saturated carbocycles. The van der Waals surface area contributed by atoms with Gasteiger partial charge in [0.05, 0.1) is 11.2 Å². The number of aromatic nitrogens is 1. The Kier molecular flexibility index (Phi) is 4.51. The fourth-order valence-electron chi connectivity index (χ4n) is 5.88. The predicted molar refractivity (Wildman–Crippen MR) is 150 cm³/mol. The molecule has 1 aliphatic heterocycles. The number of rotatable bonds is 2. The molecule has 0 N–H and O–H groups in total. The van der Waals surface area contributed by atoms with Gasteiger partial charge in [0.1, 0.15) is 5.52 Å². The van der Waals surface area contributed by atoms with Crippen LogP contribution in [-0.2, 0) is 14.7 Å². The van der Waals surface area contributed by atoms with Crippen LogP contribution in [0.1, 0.15) is 52.7 Å². The van der Waals surface area contributed by atoms with Gasteiger partial charge in [0.25, 0.3) is 0 Å². The van der Waals surface area contributed by atoms with Crippen molar-refractivity contribution in [2.24, 2.45) is 0 Å². The second-order valence-corrected chi connectivity index (χ2v) is 11.9. The molecule has 2 aliphatic rings. The Hall–Kier alpha value is -3.41. The fourth-order valence-corrected chi connectivity index (χ4v) is 5.88. The van der Waals surface area contributed by atoms with Gasteiger partial charge in [-0.2, -0.15) is 0 Å². The zero-order chi connectivity index (χ0) is 25.7. The summed E-state index contributed by atoms with van der Waals surface area (Å²) in [5.41, 5.74) is 7.82. The molecule has 1 saturated heterocycles. The van der Waals surface area contributed by atoms with Crippen molar-refractivity contribution in [3.8, 4) is 22.6 Å². The Morgan fingerprint density at radius 1 is 0.730 bits per heavy atom. The van der Waals surface area contributed by atoms with E-state index in [0.717, 1.165) is 32.9 Å². The normalized spacial score (nSPS) is 18.9. The topological polar surface area (TPSA) is 44.5 Å². The van der Waals surface area contributed by atoms with E-state index >= 15 is 0 Å². The average molecular weight is 487 g/mol. The molecule has 0 unspecified atom stereocenters. The number of nitrogens with zero attached hydrogens (tertiary/aromatic N) is 1. The molecule has 0 spiro atoms. The first-order valence-electron chi connectivity index (χ1n) is 13.0. The van der Waals surface area contributed by atoms with Crippen LogP contribution in [0.2, 0.25) is 0 Å². The van der Waals surface area contributed by atoms with Gasteiger partial charge >= 0.3 is 7.12 Å². The minimum absolute atomic E-state index is 0.141. The molecule has 0 amide bonds. The summed E-state index contributed by atoms with van der Waals surface area (Å²) in [6.07, 6.45) is 0. The maximum atomic E-state index is 6.50. The molecule has 4 nitrogen and oxygen atoms in total. The van der Waals surface area contributed by atoms with Gasteiger partial charge in [-0.3, -0.25) is 0 Å². The summed E-state index contributed by atoms with van der Waals surface area (Å²) in [4.78, 5) is 4.86. The van der Waals surface area contributed by atoms with Crippen molar-refractivity contribution in [1.82, 2.24) is 4.98 Å². The van der Waals surface area contributed by atoms with Gasteiger partial charge in [-0.15, -0.1) is 0 Å². The summed E-state index contributed by atoms with van der Waals surface area (Å²) >= 11 is 0. The van der Waals surface area contributed by atoms with Gasteiger partial charge in [-0.25, -0.2) is 4.98 Å². The molecule has 0 atom stereocenters. The van der Waals surface area contributed by atoms with E-state index in [2.05, 4.69) is 84.0 Å². The lowest BCUT2D eigenvalue weighted by molar-refractivity contribution is 0.00578. The van der Waals surface area contributed by atoms with Gasteiger partial charge in [-0.05, 0) is 79.0 Å². The average Bonchev–Trinajstić information content (AvgIpc) is 3.47. The molecule has 5 aromatic rings. The second kappa shape index (κ2) is 7.34. The van der Waals surface area contributed by atoms with Crippen molar-refractivity contribution >= 4 is 34.5 Å². The van der Waals surface area contributed by atoms with Crippen LogP contribution in [0.5, 0.6) is 0 Å². The van der Waals surface area contributed by atoms with Crippen molar-refractivity contribution in [2.45, 2.75) is 58.2 Å². The molecule has 0 bridgehead atoms. The summed E-state index contributed by atoms with van der Waals surface area (Å²) in [5.74, 6) is 0.643. The van der Waals surface area contributed by atoms with Crippen LogP contribution in [-0.4, -0.2) is 23.3 Å². The van der Waals surface area contributed by atoms with E-state index < -0.39 is 7.12 Å². The third kappa shape index (κ3) is 3.14. The van der Waals surface area contributed by atoms with Gasteiger partial charge in [0.2, 0.25) is 5.89 Å². The van der Waals surface area contributed by atoms with Crippen molar-refractivity contribution < 1.29 is 13.7 Å². The molecular formula is C32H30BNO3. The van der Waals surface area contributed by atoms with Crippen molar-refractivity contribution in [3.05, 3.63) is 83.9 Å². The highest BCUT2D eigenvalue weighted by atomic mass is 16.7. The molecule has 4 aromatic carbocycles. The van der Waals surface area contributed by atoms with Crippen molar-refractivity contribution in [2.75, 3.05) is 0 Å². The third-order valence-electron chi connectivity index (χ3n) is 8.74. The van der Waals surface area contributed by atoms with Crippen LogP contribution < -0.4 is 5.46 Å². The van der Waals surface area contributed by atoms with E-state index in [4.69, 9.17) is 18.7 Å². The Bertz CT molecular complexity index is 1700. The lowest BCUT2D eigenvalue weighted by atomic mass is 9.76. The van der Waals surface area contributed by atoms with E-state index in [0.29, 0.717) is 5.89 Å². The summed E-state index contributed by atoms with van der Waals surface area (Å²) in [7, 11) is -0.410. The predicted octanol–water partition coefficient (Wildman–Crippen LogP) is 7.25. The molecule has 2 heterocycles. The minimum Gasteiger partial charge on any atom is -0.435 e. The molecule has 1 aliphatic carbocycles. The largest absolute Gasteiger partial charge is 0.494 e. The summed E-state index contributed by atoms with van der Waals surface area (Å²) in [6, 6.07) is 25.5. The molecule has 0 radical (unpaired) electrons. The smallest absolute Gasteiger partial charge is 0.435 e. The number of oxazole rings is 1. The number of hydrogen-bond donors (Lipinski definition) is 0. The second-order valence-electron chi connectivity index (χ2n) is 11.9. The summed E-state index contributed by atoms with van der Waals surface area (Å²) in [5, 5.41) is 2.26. The van der Waals surface area contributed by atoms with Crippen LogP contribution in [0.25, 0.3) is 44.5 Å². The minimum atomic E-state index is -0.410. The highest BCUT2D eigenvalue weighted by molar-refractivity contribution is 6.62. The highest BCUT2D eigenvalue weighted by Crippen LogP contribution is 2.52. The Morgan fingerprint density at radius 2 is 1.41 bits per heavy atom. The maximum absolute atomic E-state index is 6.50. The summed E-state index contributed by atoms with van der Waals surface area (Å²) in [6.45, 7) is 13.0. The van der Waals surface area contributed by atoms with Crippen LogP contribution in [0, 0.1) is 0 Å². The van der Waals surface area contributed by atoms with Gasteiger partial charge < -0.3 is 13.7 Å². The molecule has 37 heavy (non-hydrogen) atoms. The molecule has 1 fully saturated rings. The molecule has 184 valence electrons. The quantitative estimate of drug-likeness (QED) is 0.246. The van der Waals surface area contributed by atoms with Crippen LogP contribution in [0.4, 0.5) is 0 Å². The molecule has 5 heteroatoms. The first kappa shape index (κ1) is 22.8. The number of benzene rings is 4. The van der Waals surface area contributed by atoms with Crippen molar-refractivity contribution in [1.29, 1.82) is 0 Å². The van der Waals surface area contributed by atoms with E-state index in [1.165, 1.54) is 22.3 Å². The van der Waals surface area contributed by atoms with E-state index in [-0.39, 0.29) is 16.6 Å². The molecular weight excluding hydrogens is 457 g/mol. The van der Waals surface area contributed by atoms with Gasteiger partial charge in [0.15, 0.2) is 5.58 Å². The van der Waals surface area contributed by atoms with Crippen molar-refractivity contribution in [3.63, 3.8) is 0 Å². The van der Waals surface area contributed by atoms with Crippen LogP contribution in [0.3, 0.4) is 0 Å². The van der Waals surface area contributed by atoms with Gasteiger partial charge in [0, 0.05) is 16.4 Å². The first-order chi connectivity index (χ1) is 17.6. The summed E-state index contributed by atoms with van der Waals surface area (Å²) < 4.78 is 19.3. The monoisotopic (exact) mass is 487 g/mol. The van der Waals surface area contributed by atoms with Gasteiger partial charge in [-0.1, -0.05) is 68.4 Å². The maximum Gasteiger partial charge on any atom is 0.494 e. The highest BCUT2D eigenvalue weighted by Gasteiger charge is 2.52. The zero-order valence-corrected chi connectivity index (χ0v) is 22.2. The Labute approximate surface area is 217 Å². The fraction of sp³-hybridized carbons (Fsp3) is 0.281. The Balaban J connectivity index is 1.47. The van der Waals surface area contributed by atoms with E-state index in [1.807, 2.05) is 30.3 Å². The standard InChI is InChI=1S/C32H30BNO3/c1-30(2)23-16-14-21(33-36-31(3,4)32(5,6)37-33)18-22(23)27-24(30)15-12-19-13-17-25-28(26(19)27)35-29(34-25)20-10-8-7-9-11-20/h7-18H,1-6H3. The van der Waals surface area contributed by atoms with E-state index in [1.54, 1.807) is 0 Å². The SMILES string of the molecule is CC1(C)c2ccc(B3OC(C)(C)C(C)(C)O3)cc2-c2c1ccc1ccc3nc(-c4ccccc4)oc3c21. The molecule has 1 aromatic heterocycles. The van der Waals surface area contributed by atoms with Crippen LogP contribution in [0.15, 0.2) is 77.2 Å². The zero-order valence-electron chi connectivity index (χ0n) is 22.2. The molecule has 7 rings (SSSR count). The van der Waals surface area contributed by atoms with E-state index in [9.17, 15) is 0 Å². The third-order valence-corrected chi connectivity index (χ3v) is 8.74. The lowest BCUT2D eigenvalue weighted by Gasteiger charge is -2.32. The first-order valence-corrected chi connectivity index (χ1v) is 13.0. The number of hydrogen-bond acceptors (Lipinski definition) is 4. The lowest BCUT2D eigenvalue weighted by Crippen LogP contribution is -2.41. The van der Waals surface area contributed by atoms with Crippen LogP contribution >= 0.6 is 0 Å². The Morgan fingerprint density at radius 3 is 2.14 bits per heavy atom. The number of fused-ring (bicyclic) bond motifs is 7.